The molecular formula is C21H44N2O2. The Kier molecular flexibility index (Phi) is 19.2. The number of carbonyl (C=O) groups excluding carboxylic acids is 1. The van der Waals surface area contributed by atoms with Gasteiger partial charge >= 0.3 is 0 Å². The standard InChI is InChI=1S/C21H44N2O2/c1-4-5-6-7-8-9-10-11-12-13-15-20(2)23-21(24)16-18-22-17-14-19-25-3/h20,22H,4-19H2,1-3H3,(H,23,24). The molecule has 0 radical (unpaired) electrons. The van der Waals surface area contributed by atoms with Crippen molar-refractivity contribution in [3.05, 3.63) is 0 Å². The minimum atomic E-state index is 0.166. The van der Waals surface area contributed by atoms with Crippen molar-refractivity contribution < 1.29 is 9.53 Å². The van der Waals surface area contributed by atoms with Gasteiger partial charge in [0.2, 0.25) is 5.91 Å². The summed E-state index contributed by atoms with van der Waals surface area (Å²) in [7, 11) is 1.71. The topological polar surface area (TPSA) is 50.4 Å². The lowest BCUT2D eigenvalue weighted by molar-refractivity contribution is -0.121. The van der Waals surface area contributed by atoms with Gasteiger partial charge in [0.25, 0.3) is 0 Å². The smallest absolute Gasteiger partial charge is 0.221 e. The van der Waals surface area contributed by atoms with Crippen LogP contribution in [0.15, 0.2) is 0 Å². The van der Waals surface area contributed by atoms with Crippen LogP contribution in [0.4, 0.5) is 0 Å². The molecule has 1 amide bonds. The monoisotopic (exact) mass is 356 g/mol. The largest absolute Gasteiger partial charge is 0.385 e. The molecule has 2 N–H and O–H groups in total. The number of amides is 1. The molecule has 4 nitrogen and oxygen atoms in total. The van der Waals surface area contributed by atoms with Crippen molar-refractivity contribution in [2.75, 3.05) is 26.8 Å². The van der Waals surface area contributed by atoms with E-state index in [9.17, 15) is 4.79 Å². The highest BCUT2D eigenvalue weighted by Gasteiger charge is 2.06. The zero-order valence-electron chi connectivity index (χ0n) is 17.2. The maximum absolute atomic E-state index is 11.8. The van der Waals surface area contributed by atoms with E-state index in [1.807, 2.05) is 0 Å². The van der Waals surface area contributed by atoms with Crippen LogP contribution in [0.3, 0.4) is 0 Å². The third kappa shape index (κ3) is 19.6. The van der Waals surface area contributed by atoms with Crippen molar-refractivity contribution >= 4 is 5.91 Å². The van der Waals surface area contributed by atoms with Crippen LogP contribution in [-0.2, 0) is 9.53 Å². The maximum atomic E-state index is 11.8. The number of rotatable bonds is 19. The van der Waals surface area contributed by atoms with Gasteiger partial charge in [-0.15, -0.1) is 0 Å². The number of ether oxygens (including phenoxy) is 1. The number of nitrogens with one attached hydrogen (secondary N) is 2. The number of carbonyl (C=O) groups is 1. The van der Waals surface area contributed by atoms with Crippen LogP contribution >= 0.6 is 0 Å². The molecule has 0 aromatic carbocycles. The molecule has 1 atom stereocenters. The van der Waals surface area contributed by atoms with Crippen LogP contribution in [0.1, 0.15) is 97.3 Å². The quantitative estimate of drug-likeness (QED) is 0.326. The summed E-state index contributed by atoms with van der Waals surface area (Å²) >= 11 is 0. The summed E-state index contributed by atoms with van der Waals surface area (Å²) in [6, 6.07) is 0.301. The fourth-order valence-electron chi connectivity index (χ4n) is 3.03. The number of methoxy groups -OCH3 is 1. The van der Waals surface area contributed by atoms with Crippen molar-refractivity contribution in [2.24, 2.45) is 0 Å². The van der Waals surface area contributed by atoms with Gasteiger partial charge in [0.15, 0.2) is 0 Å². The molecule has 150 valence electrons. The number of hydrogen-bond acceptors (Lipinski definition) is 3. The SMILES string of the molecule is CCCCCCCCCCCCC(C)NC(=O)CCNCCCOC. The Morgan fingerprint density at radius 3 is 2.08 bits per heavy atom. The second-order valence-electron chi connectivity index (χ2n) is 7.29. The van der Waals surface area contributed by atoms with Gasteiger partial charge in [0, 0.05) is 32.7 Å². The van der Waals surface area contributed by atoms with Crippen molar-refractivity contribution in [1.29, 1.82) is 0 Å². The summed E-state index contributed by atoms with van der Waals surface area (Å²) in [5.41, 5.74) is 0. The Hall–Kier alpha value is -0.610. The molecular weight excluding hydrogens is 312 g/mol. The molecule has 0 saturated heterocycles. The van der Waals surface area contributed by atoms with Crippen LogP contribution in [0, 0.1) is 0 Å². The first-order valence-electron chi connectivity index (χ1n) is 10.7. The van der Waals surface area contributed by atoms with E-state index in [1.165, 1.54) is 64.2 Å². The first-order valence-corrected chi connectivity index (χ1v) is 10.7. The van der Waals surface area contributed by atoms with E-state index in [1.54, 1.807) is 7.11 Å². The molecule has 25 heavy (non-hydrogen) atoms. The Balaban J connectivity index is 3.31. The van der Waals surface area contributed by atoms with Gasteiger partial charge in [-0.3, -0.25) is 4.79 Å². The highest BCUT2D eigenvalue weighted by molar-refractivity contribution is 5.76. The fraction of sp³-hybridized carbons (Fsp3) is 0.952. The van der Waals surface area contributed by atoms with E-state index in [-0.39, 0.29) is 5.91 Å². The maximum Gasteiger partial charge on any atom is 0.221 e. The van der Waals surface area contributed by atoms with E-state index in [4.69, 9.17) is 4.74 Å². The van der Waals surface area contributed by atoms with Crippen LogP contribution in [0.5, 0.6) is 0 Å². The predicted octanol–water partition coefficient (Wildman–Crippen LogP) is 4.82. The average molecular weight is 357 g/mol. The van der Waals surface area contributed by atoms with Crippen molar-refractivity contribution in [3.8, 4) is 0 Å². The van der Waals surface area contributed by atoms with Gasteiger partial charge in [0.05, 0.1) is 0 Å². The molecule has 0 heterocycles. The van der Waals surface area contributed by atoms with Gasteiger partial charge in [-0.1, -0.05) is 71.1 Å². The lowest BCUT2D eigenvalue weighted by Crippen LogP contribution is -2.34. The molecule has 0 aliphatic rings. The zero-order valence-corrected chi connectivity index (χ0v) is 17.2. The Morgan fingerprint density at radius 2 is 1.48 bits per heavy atom. The molecule has 0 aromatic rings. The average Bonchev–Trinajstić information content (AvgIpc) is 2.59. The molecule has 0 aromatic heterocycles. The molecule has 0 aliphatic heterocycles. The molecule has 0 saturated carbocycles. The molecule has 1 unspecified atom stereocenters. The fourth-order valence-corrected chi connectivity index (χ4v) is 3.03. The summed E-state index contributed by atoms with van der Waals surface area (Å²) in [4.78, 5) is 11.8. The lowest BCUT2D eigenvalue weighted by Gasteiger charge is -2.14. The molecule has 0 rings (SSSR count). The van der Waals surface area contributed by atoms with Gasteiger partial charge < -0.3 is 15.4 Å². The third-order valence-electron chi connectivity index (χ3n) is 4.63. The van der Waals surface area contributed by atoms with Gasteiger partial charge in [-0.25, -0.2) is 0 Å². The summed E-state index contributed by atoms with van der Waals surface area (Å²) in [5, 5.41) is 6.38. The molecule has 0 spiro atoms. The van der Waals surface area contributed by atoms with Crippen LogP contribution in [-0.4, -0.2) is 38.8 Å². The summed E-state index contributed by atoms with van der Waals surface area (Å²) in [6.45, 7) is 6.83. The molecule has 0 aliphatic carbocycles. The highest BCUT2D eigenvalue weighted by Crippen LogP contribution is 2.11. The first kappa shape index (κ1) is 24.4. The van der Waals surface area contributed by atoms with Crippen LogP contribution < -0.4 is 10.6 Å². The Labute approximate surface area is 156 Å². The van der Waals surface area contributed by atoms with Gasteiger partial charge in [0.1, 0.15) is 0 Å². The summed E-state index contributed by atoms with van der Waals surface area (Å²) in [5.74, 6) is 0.166. The van der Waals surface area contributed by atoms with E-state index < -0.39 is 0 Å². The van der Waals surface area contributed by atoms with E-state index >= 15 is 0 Å². The van der Waals surface area contributed by atoms with Crippen molar-refractivity contribution in [3.63, 3.8) is 0 Å². The number of unbranched alkanes of at least 4 members (excludes halogenated alkanes) is 9. The van der Waals surface area contributed by atoms with Gasteiger partial charge in [-0.2, -0.15) is 0 Å². The second-order valence-corrected chi connectivity index (χ2v) is 7.29. The molecule has 0 bridgehead atoms. The summed E-state index contributed by atoms with van der Waals surface area (Å²) in [6.07, 6.45) is 16.3. The lowest BCUT2D eigenvalue weighted by atomic mass is 10.0. The van der Waals surface area contributed by atoms with Crippen molar-refractivity contribution in [1.82, 2.24) is 10.6 Å². The first-order chi connectivity index (χ1) is 12.2. The summed E-state index contributed by atoms with van der Waals surface area (Å²) < 4.78 is 4.99. The minimum Gasteiger partial charge on any atom is -0.385 e. The normalized spacial score (nSPS) is 12.3. The Morgan fingerprint density at radius 1 is 0.880 bits per heavy atom. The van der Waals surface area contributed by atoms with Crippen LogP contribution in [0.25, 0.3) is 0 Å². The predicted molar refractivity (Wildman–Crippen MR) is 108 cm³/mol. The van der Waals surface area contributed by atoms with E-state index in [0.29, 0.717) is 12.5 Å². The Bertz CT molecular complexity index is 285. The molecule has 0 fully saturated rings. The zero-order chi connectivity index (χ0) is 18.6. The van der Waals surface area contributed by atoms with E-state index in [2.05, 4.69) is 24.5 Å². The van der Waals surface area contributed by atoms with Gasteiger partial charge in [-0.05, 0) is 26.3 Å². The molecule has 4 heteroatoms. The van der Waals surface area contributed by atoms with Crippen molar-refractivity contribution in [2.45, 2.75) is 103 Å². The van der Waals surface area contributed by atoms with E-state index in [0.717, 1.165) is 32.5 Å². The van der Waals surface area contributed by atoms with Crippen LogP contribution in [0.2, 0.25) is 0 Å². The second kappa shape index (κ2) is 19.7. The third-order valence-corrected chi connectivity index (χ3v) is 4.63. The highest BCUT2D eigenvalue weighted by atomic mass is 16.5. The minimum absolute atomic E-state index is 0.166. The number of hydrogen-bond donors (Lipinski definition) is 2.